The molecule has 2 heterocycles. The Balaban J connectivity index is 1.72. The fraction of sp³-hybridized carbons (Fsp3) is 0.308. The maximum atomic E-state index is 12.0. The number of nitrogens with zero attached hydrogens (tertiary/aromatic N) is 3. The third-order valence-corrected chi connectivity index (χ3v) is 3.71. The van der Waals surface area contributed by atoms with Crippen molar-refractivity contribution in [2.24, 2.45) is 0 Å². The summed E-state index contributed by atoms with van der Waals surface area (Å²) in [5.41, 5.74) is 1.15. The van der Waals surface area contributed by atoms with Crippen LogP contribution in [-0.2, 0) is 0 Å². The van der Waals surface area contributed by atoms with Crippen LogP contribution in [0.2, 0.25) is 0 Å². The lowest BCUT2D eigenvalue weighted by Crippen LogP contribution is -2.36. The van der Waals surface area contributed by atoms with Crippen LogP contribution in [0.4, 0.5) is 0 Å². The standard InChI is InChI=1S/C13H14BrN5O/c14-9-1-3-11(4-2-9)19-16-8-12(18-19)13(20)17-10-5-6-15-7-10/h1-4,8,10,15H,5-7H2,(H,17,20)/t10-/m1/s1. The number of aromatic nitrogens is 3. The average molecular weight is 336 g/mol. The van der Waals surface area contributed by atoms with E-state index >= 15 is 0 Å². The second kappa shape index (κ2) is 5.72. The number of hydrogen-bond acceptors (Lipinski definition) is 4. The zero-order valence-electron chi connectivity index (χ0n) is 10.7. The molecule has 0 unspecified atom stereocenters. The minimum absolute atomic E-state index is 0.179. The Morgan fingerprint density at radius 2 is 2.20 bits per heavy atom. The van der Waals surface area contributed by atoms with Gasteiger partial charge in [0, 0.05) is 17.1 Å². The van der Waals surface area contributed by atoms with E-state index in [-0.39, 0.29) is 11.9 Å². The number of rotatable bonds is 3. The second-order valence-electron chi connectivity index (χ2n) is 4.66. The Morgan fingerprint density at radius 3 is 2.90 bits per heavy atom. The van der Waals surface area contributed by atoms with E-state index in [0.29, 0.717) is 5.69 Å². The first-order chi connectivity index (χ1) is 9.72. The highest BCUT2D eigenvalue weighted by Crippen LogP contribution is 2.12. The van der Waals surface area contributed by atoms with Crippen LogP contribution in [-0.4, -0.2) is 40.0 Å². The van der Waals surface area contributed by atoms with Crippen molar-refractivity contribution in [3.63, 3.8) is 0 Å². The van der Waals surface area contributed by atoms with Crippen LogP contribution >= 0.6 is 15.9 Å². The average Bonchev–Trinajstić information content (AvgIpc) is 3.10. The molecule has 104 valence electrons. The molecule has 0 aliphatic carbocycles. The first-order valence-corrected chi connectivity index (χ1v) is 7.21. The van der Waals surface area contributed by atoms with Gasteiger partial charge in [-0.25, -0.2) is 0 Å². The van der Waals surface area contributed by atoms with Gasteiger partial charge < -0.3 is 10.6 Å². The number of amides is 1. The minimum Gasteiger partial charge on any atom is -0.347 e. The summed E-state index contributed by atoms with van der Waals surface area (Å²) in [4.78, 5) is 13.5. The molecule has 1 aromatic heterocycles. The maximum Gasteiger partial charge on any atom is 0.273 e. The van der Waals surface area contributed by atoms with Crippen LogP contribution in [0.5, 0.6) is 0 Å². The molecule has 20 heavy (non-hydrogen) atoms. The quantitative estimate of drug-likeness (QED) is 0.881. The van der Waals surface area contributed by atoms with Gasteiger partial charge in [-0.3, -0.25) is 4.79 Å². The zero-order valence-corrected chi connectivity index (χ0v) is 12.3. The lowest BCUT2D eigenvalue weighted by atomic mass is 10.2. The Morgan fingerprint density at radius 1 is 1.40 bits per heavy atom. The summed E-state index contributed by atoms with van der Waals surface area (Å²) in [6.45, 7) is 1.75. The lowest BCUT2D eigenvalue weighted by molar-refractivity contribution is 0.0934. The van der Waals surface area contributed by atoms with E-state index in [9.17, 15) is 4.79 Å². The predicted octanol–water partition coefficient (Wildman–Crippen LogP) is 1.12. The van der Waals surface area contributed by atoms with Gasteiger partial charge in [0.15, 0.2) is 5.69 Å². The summed E-state index contributed by atoms with van der Waals surface area (Å²) in [5, 5.41) is 14.5. The molecule has 1 aromatic carbocycles. The molecular formula is C13H14BrN5O. The molecule has 2 N–H and O–H groups in total. The van der Waals surface area contributed by atoms with Crippen molar-refractivity contribution in [2.45, 2.75) is 12.5 Å². The molecule has 1 aliphatic heterocycles. The zero-order chi connectivity index (χ0) is 13.9. The third kappa shape index (κ3) is 2.88. The Hall–Kier alpha value is -1.73. The van der Waals surface area contributed by atoms with Gasteiger partial charge in [0.05, 0.1) is 11.9 Å². The lowest BCUT2D eigenvalue weighted by Gasteiger charge is -2.08. The highest BCUT2D eigenvalue weighted by atomic mass is 79.9. The van der Waals surface area contributed by atoms with Crippen molar-refractivity contribution in [3.8, 4) is 5.69 Å². The molecule has 0 spiro atoms. The topological polar surface area (TPSA) is 71.8 Å². The molecule has 1 fully saturated rings. The number of carbonyl (C=O) groups excluding carboxylic acids is 1. The smallest absolute Gasteiger partial charge is 0.273 e. The van der Waals surface area contributed by atoms with Crippen molar-refractivity contribution in [1.29, 1.82) is 0 Å². The van der Waals surface area contributed by atoms with Gasteiger partial charge in [-0.05, 0) is 37.2 Å². The second-order valence-corrected chi connectivity index (χ2v) is 5.57. The Kier molecular flexibility index (Phi) is 3.79. The highest BCUT2D eigenvalue weighted by molar-refractivity contribution is 9.10. The van der Waals surface area contributed by atoms with Gasteiger partial charge in [0.2, 0.25) is 0 Å². The Labute approximate surface area is 124 Å². The molecule has 0 bridgehead atoms. The largest absolute Gasteiger partial charge is 0.347 e. The van der Waals surface area contributed by atoms with Crippen LogP contribution in [0, 0.1) is 0 Å². The fourth-order valence-corrected chi connectivity index (χ4v) is 2.37. The van der Waals surface area contributed by atoms with Gasteiger partial charge in [0.1, 0.15) is 0 Å². The van der Waals surface area contributed by atoms with Crippen molar-refractivity contribution in [1.82, 2.24) is 25.6 Å². The minimum atomic E-state index is -0.179. The Bertz CT molecular complexity index is 603. The molecule has 0 radical (unpaired) electrons. The SMILES string of the molecule is O=C(N[C@@H]1CCNC1)c1cnn(-c2ccc(Br)cc2)n1. The third-order valence-electron chi connectivity index (χ3n) is 3.18. The molecule has 1 saturated heterocycles. The summed E-state index contributed by atoms with van der Waals surface area (Å²) in [7, 11) is 0. The van der Waals surface area contributed by atoms with Crippen LogP contribution < -0.4 is 10.6 Å². The first kappa shape index (κ1) is 13.3. The van der Waals surface area contributed by atoms with Crippen molar-refractivity contribution in [3.05, 3.63) is 40.6 Å². The molecule has 1 atom stereocenters. The molecule has 0 saturated carbocycles. The molecular weight excluding hydrogens is 322 g/mol. The molecule has 1 aliphatic rings. The van der Waals surface area contributed by atoms with Gasteiger partial charge in [-0.1, -0.05) is 15.9 Å². The number of benzene rings is 1. The summed E-state index contributed by atoms with van der Waals surface area (Å²) in [6, 6.07) is 7.75. The van der Waals surface area contributed by atoms with E-state index in [0.717, 1.165) is 29.7 Å². The van der Waals surface area contributed by atoms with E-state index in [1.807, 2.05) is 24.3 Å². The van der Waals surface area contributed by atoms with E-state index in [1.165, 1.54) is 11.0 Å². The van der Waals surface area contributed by atoms with Crippen molar-refractivity contribution < 1.29 is 4.79 Å². The highest BCUT2D eigenvalue weighted by Gasteiger charge is 2.19. The normalized spacial score (nSPS) is 18.1. The van der Waals surface area contributed by atoms with Gasteiger partial charge >= 0.3 is 0 Å². The van der Waals surface area contributed by atoms with E-state index in [4.69, 9.17) is 0 Å². The van der Waals surface area contributed by atoms with Crippen molar-refractivity contribution >= 4 is 21.8 Å². The summed E-state index contributed by atoms with van der Waals surface area (Å²) in [6.07, 6.45) is 2.44. The number of halogens is 1. The van der Waals surface area contributed by atoms with Crippen LogP contribution in [0.3, 0.4) is 0 Å². The van der Waals surface area contributed by atoms with Crippen molar-refractivity contribution in [2.75, 3.05) is 13.1 Å². The van der Waals surface area contributed by atoms with E-state index < -0.39 is 0 Å². The summed E-state index contributed by atoms with van der Waals surface area (Å²) < 4.78 is 0.986. The molecule has 1 amide bonds. The van der Waals surface area contributed by atoms with E-state index in [1.54, 1.807) is 0 Å². The fourth-order valence-electron chi connectivity index (χ4n) is 2.10. The van der Waals surface area contributed by atoms with Gasteiger partial charge in [0.25, 0.3) is 5.91 Å². The number of carbonyl (C=O) groups is 1. The van der Waals surface area contributed by atoms with Crippen LogP contribution in [0.15, 0.2) is 34.9 Å². The molecule has 7 heteroatoms. The van der Waals surface area contributed by atoms with Crippen LogP contribution in [0.1, 0.15) is 16.9 Å². The van der Waals surface area contributed by atoms with Crippen LogP contribution in [0.25, 0.3) is 5.69 Å². The van der Waals surface area contributed by atoms with Gasteiger partial charge in [-0.15, -0.1) is 5.10 Å². The number of nitrogens with one attached hydrogen (secondary N) is 2. The molecule has 6 nitrogen and oxygen atoms in total. The monoisotopic (exact) mass is 335 g/mol. The van der Waals surface area contributed by atoms with Gasteiger partial charge in [-0.2, -0.15) is 9.90 Å². The summed E-state index contributed by atoms with van der Waals surface area (Å²) in [5.74, 6) is -0.179. The molecule has 3 rings (SSSR count). The maximum absolute atomic E-state index is 12.0. The van der Waals surface area contributed by atoms with E-state index in [2.05, 4.69) is 36.8 Å². The predicted molar refractivity (Wildman–Crippen MR) is 77.8 cm³/mol. The summed E-state index contributed by atoms with van der Waals surface area (Å²) >= 11 is 3.38. The first-order valence-electron chi connectivity index (χ1n) is 6.42. The number of hydrogen-bond donors (Lipinski definition) is 2. The molecule has 2 aromatic rings.